The lowest BCUT2D eigenvalue weighted by Crippen LogP contribution is -2.06. The molecule has 3 rings (SSSR count). The highest BCUT2D eigenvalue weighted by Gasteiger charge is 2.07. The van der Waals surface area contributed by atoms with Gasteiger partial charge in [-0.15, -0.1) is 0 Å². The fraction of sp³-hybridized carbons (Fsp3) is 0.286. The molecule has 1 heterocycles. The van der Waals surface area contributed by atoms with Crippen molar-refractivity contribution in [3.63, 3.8) is 0 Å². The summed E-state index contributed by atoms with van der Waals surface area (Å²) in [6.07, 6.45) is 1.13. The van der Waals surface area contributed by atoms with Gasteiger partial charge in [0.1, 0.15) is 11.3 Å². The van der Waals surface area contributed by atoms with Crippen LogP contribution in [0.5, 0.6) is 5.75 Å². The molecule has 4 nitrogen and oxygen atoms in total. The SMILES string of the molecule is CC[C@@H](C)c1ccc(NCc2cc(=O)oc3cc(OC)ccc23)cc1. The Hall–Kier alpha value is -2.75. The van der Waals surface area contributed by atoms with Crippen molar-refractivity contribution in [1.82, 2.24) is 0 Å². The molecule has 1 atom stereocenters. The third-order valence-electron chi connectivity index (χ3n) is 4.61. The lowest BCUT2D eigenvalue weighted by atomic mass is 9.98. The third-order valence-corrected chi connectivity index (χ3v) is 4.61. The van der Waals surface area contributed by atoms with E-state index in [2.05, 4.69) is 43.4 Å². The fourth-order valence-electron chi connectivity index (χ4n) is 2.85. The molecule has 130 valence electrons. The summed E-state index contributed by atoms with van der Waals surface area (Å²) in [6, 6.07) is 15.5. The number of hydrogen-bond acceptors (Lipinski definition) is 4. The Balaban J connectivity index is 1.82. The van der Waals surface area contributed by atoms with Crippen molar-refractivity contribution in [2.24, 2.45) is 0 Å². The topological polar surface area (TPSA) is 51.5 Å². The van der Waals surface area contributed by atoms with E-state index in [0.717, 1.165) is 23.1 Å². The van der Waals surface area contributed by atoms with Gasteiger partial charge in [0, 0.05) is 29.8 Å². The van der Waals surface area contributed by atoms with E-state index in [-0.39, 0.29) is 5.63 Å². The summed E-state index contributed by atoms with van der Waals surface area (Å²) in [7, 11) is 1.59. The zero-order valence-corrected chi connectivity index (χ0v) is 14.8. The molecule has 1 aromatic heterocycles. The Morgan fingerprint density at radius 3 is 2.56 bits per heavy atom. The molecule has 0 unspecified atom stereocenters. The second-order valence-corrected chi connectivity index (χ2v) is 6.24. The zero-order chi connectivity index (χ0) is 17.8. The van der Waals surface area contributed by atoms with Crippen molar-refractivity contribution in [1.29, 1.82) is 0 Å². The number of methoxy groups -OCH3 is 1. The molecule has 0 fully saturated rings. The van der Waals surface area contributed by atoms with Crippen molar-refractivity contribution in [3.8, 4) is 5.75 Å². The molecule has 0 saturated heterocycles. The van der Waals surface area contributed by atoms with E-state index in [1.54, 1.807) is 13.2 Å². The smallest absolute Gasteiger partial charge is 0.336 e. The molecular formula is C21H23NO3. The van der Waals surface area contributed by atoms with Crippen LogP contribution in [0.2, 0.25) is 0 Å². The average Bonchev–Trinajstić information content (AvgIpc) is 2.65. The van der Waals surface area contributed by atoms with Crippen LogP contribution >= 0.6 is 0 Å². The van der Waals surface area contributed by atoms with Crippen LogP contribution in [0.4, 0.5) is 5.69 Å². The maximum atomic E-state index is 11.8. The first kappa shape index (κ1) is 17.1. The summed E-state index contributed by atoms with van der Waals surface area (Å²) in [4.78, 5) is 11.8. The van der Waals surface area contributed by atoms with Crippen molar-refractivity contribution in [3.05, 3.63) is 70.1 Å². The van der Waals surface area contributed by atoms with Crippen LogP contribution in [-0.2, 0) is 6.54 Å². The average molecular weight is 337 g/mol. The Morgan fingerprint density at radius 1 is 1.12 bits per heavy atom. The van der Waals surface area contributed by atoms with Gasteiger partial charge in [-0.1, -0.05) is 26.0 Å². The van der Waals surface area contributed by atoms with Gasteiger partial charge in [-0.25, -0.2) is 4.79 Å². The molecule has 0 saturated carbocycles. The lowest BCUT2D eigenvalue weighted by Gasteiger charge is -2.12. The maximum absolute atomic E-state index is 11.8. The minimum atomic E-state index is -0.357. The molecule has 0 aliphatic heterocycles. The second kappa shape index (κ2) is 7.43. The van der Waals surface area contributed by atoms with Crippen LogP contribution in [0.15, 0.2) is 57.7 Å². The van der Waals surface area contributed by atoms with Crippen LogP contribution in [0.25, 0.3) is 11.0 Å². The van der Waals surface area contributed by atoms with Gasteiger partial charge in [0.2, 0.25) is 0 Å². The first-order chi connectivity index (χ1) is 12.1. The zero-order valence-electron chi connectivity index (χ0n) is 14.8. The van der Waals surface area contributed by atoms with Gasteiger partial charge < -0.3 is 14.5 Å². The van der Waals surface area contributed by atoms with Crippen LogP contribution in [0, 0.1) is 0 Å². The number of hydrogen-bond donors (Lipinski definition) is 1. The molecule has 2 aromatic carbocycles. The van der Waals surface area contributed by atoms with Crippen molar-refractivity contribution in [2.75, 3.05) is 12.4 Å². The summed E-state index contributed by atoms with van der Waals surface area (Å²) < 4.78 is 10.5. The fourth-order valence-corrected chi connectivity index (χ4v) is 2.85. The molecule has 25 heavy (non-hydrogen) atoms. The molecule has 4 heteroatoms. The van der Waals surface area contributed by atoms with Crippen LogP contribution in [0.3, 0.4) is 0 Å². The number of fused-ring (bicyclic) bond motifs is 1. The summed E-state index contributed by atoms with van der Waals surface area (Å²) in [5.74, 6) is 1.23. The maximum Gasteiger partial charge on any atom is 0.336 e. The Bertz CT molecular complexity index is 913. The van der Waals surface area contributed by atoms with E-state index in [1.807, 2.05) is 12.1 Å². The molecule has 1 N–H and O–H groups in total. The summed E-state index contributed by atoms with van der Waals surface area (Å²) in [5.41, 5.74) is 3.45. The van der Waals surface area contributed by atoms with Gasteiger partial charge in [-0.3, -0.25) is 0 Å². The van der Waals surface area contributed by atoms with Crippen molar-refractivity contribution >= 4 is 16.7 Å². The summed E-state index contributed by atoms with van der Waals surface area (Å²) in [5, 5.41) is 4.29. The Labute approximate surface area is 147 Å². The van der Waals surface area contributed by atoms with E-state index in [4.69, 9.17) is 9.15 Å². The van der Waals surface area contributed by atoms with Gasteiger partial charge in [-0.05, 0) is 47.7 Å². The highest BCUT2D eigenvalue weighted by atomic mass is 16.5. The highest BCUT2D eigenvalue weighted by Crippen LogP contribution is 2.24. The molecule has 0 amide bonds. The van der Waals surface area contributed by atoms with Crippen LogP contribution in [0.1, 0.15) is 37.3 Å². The van der Waals surface area contributed by atoms with E-state index >= 15 is 0 Å². The van der Waals surface area contributed by atoms with Gasteiger partial charge in [-0.2, -0.15) is 0 Å². The molecular weight excluding hydrogens is 314 g/mol. The summed E-state index contributed by atoms with van der Waals surface area (Å²) in [6.45, 7) is 4.97. The predicted molar refractivity (Wildman–Crippen MR) is 102 cm³/mol. The normalized spacial score (nSPS) is 12.1. The minimum Gasteiger partial charge on any atom is -0.497 e. The largest absolute Gasteiger partial charge is 0.497 e. The first-order valence-electron chi connectivity index (χ1n) is 8.55. The number of ether oxygens (including phenoxy) is 1. The van der Waals surface area contributed by atoms with E-state index < -0.39 is 0 Å². The van der Waals surface area contributed by atoms with Crippen LogP contribution in [-0.4, -0.2) is 7.11 Å². The van der Waals surface area contributed by atoms with Gasteiger partial charge in [0.15, 0.2) is 0 Å². The second-order valence-electron chi connectivity index (χ2n) is 6.24. The lowest BCUT2D eigenvalue weighted by molar-refractivity contribution is 0.414. The highest BCUT2D eigenvalue weighted by molar-refractivity contribution is 5.81. The quantitative estimate of drug-likeness (QED) is 0.648. The third kappa shape index (κ3) is 3.85. The van der Waals surface area contributed by atoms with Crippen molar-refractivity contribution in [2.45, 2.75) is 32.7 Å². The molecule has 0 radical (unpaired) electrons. The number of benzene rings is 2. The monoisotopic (exact) mass is 337 g/mol. The molecule has 3 aromatic rings. The molecule has 0 bridgehead atoms. The van der Waals surface area contributed by atoms with Crippen LogP contribution < -0.4 is 15.7 Å². The number of anilines is 1. The first-order valence-corrected chi connectivity index (χ1v) is 8.55. The number of nitrogens with one attached hydrogen (secondary N) is 1. The molecule has 0 aliphatic rings. The molecule has 0 aliphatic carbocycles. The Kier molecular flexibility index (Phi) is 5.08. The summed E-state index contributed by atoms with van der Waals surface area (Å²) >= 11 is 0. The number of rotatable bonds is 6. The minimum absolute atomic E-state index is 0.357. The van der Waals surface area contributed by atoms with E-state index in [0.29, 0.717) is 23.8 Å². The predicted octanol–water partition coefficient (Wildman–Crippen LogP) is 4.93. The van der Waals surface area contributed by atoms with Gasteiger partial charge >= 0.3 is 5.63 Å². The van der Waals surface area contributed by atoms with Crippen molar-refractivity contribution < 1.29 is 9.15 Å². The molecule has 0 spiro atoms. The van der Waals surface area contributed by atoms with E-state index in [9.17, 15) is 4.79 Å². The van der Waals surface area contributed by atoms with E-state index in [1.165, 1.54) is 11.6 Å². The standard InChI is InChI=1S/C21H23NO3/c1-4-14(2)15-5-7-17(8-6-15)22-13-16-11-21(23)25-20-12-18(24-3)9-10-19(16)20/h5-12,14,22H,4,13H2,1-3H3/t14-/m1/s1. The van der Waals surface area contributed by atoms with Gasteiger partial charge in [0.25, 0.3) is 0 Å². The van der Waals surface area contributed by atoms with Gasteiger partial charge in [0.05, 0.1) is 7.11 Å². The Morgan fingerprint density at radius 2 is 1.88 bits per heavy atom.